The number of anilines is 2. The van der Waals surface area contributed by atoms with Crippen LogP contribution in [0, 0.1) is 0 Å². The summed E-state index contributed by atoms with van der Waals surface area (Å²) in [5.41, 5.74) is 5.03. The van der Waals surface area contributed by atoms with Gasteiger partial charge < -0.3 is 14.7 Å². The van der Waals surface area contributed by atoms with Gasteiger partial charge in [-0.05, 0) is 56.0 Å². The zero-order valence-electron chi connectivity index (χ0n) is 22.8. The lowest BCUT2D eigenvalue weighted by Crippen LogP contribution is -2.58. The topological polar surface area (TPSA) is 61.7 Å². The number of hydrogen-bond acceptors (Lipinski definition) is 5. The van der Waals surface area contributed by atoms with Gasteiger partial charge in [-0.25, -0.2) is 4.79 Å². The van der Waals surface area contributed by atoms with E-state index < -0.39 is 0 Å². The van der Waals surface area contributed by atoms with Crippen LogP contribution in [0.2, 0.25) is 0 Å². The summed E-state index contributed by atoms with van der Waals surface area (Å²) in [6, 6.07) is 18.5. The molecule has 1 aromatic heterocycles. The Hall–Kier alpha value is -3.87. The van der Waals surface area contributed by atoms with Gasteiger partial charge in [-0.3, -0.25) is 9.36 Å². The third-order valence-corrected chi connectivity index (χ3v) is 7.89. The van der Waals surface area contributed by atoms with Gasteiger partial charge in [0.25, 0.3) is 0 Å². The molecule has 0 spiro atoms. The standard InChI is InChI=1S/C31H37N5O2/c1-6-29(37)34-18-23(5)35(19-22(34)4)30-26-16-17-33(24-12-8-7-9-13-24)20-28(26)36(31(38)32-30)27-15-11-10-14-25(27)21(2)3/h6-15,21-23H,1,16-20H2,2-5H3/t22?,23-/m0/s1. The summed E-state index contributed by atoms with van der Waals surface area (Å²) in [6.07, 6.45) is 2.16. The third-order valence-electron chi connectivity index (χ3n) is 7.89. The number of rotatable bonds is 5. The van der Waals surface area contributed by atoms with E-state index >= 15 is 0 Å². The molecule has 2 aromatic carbocycles. The number of nitrogens with zero attached hydrogens (tertiary/aromatic N) is 5. The number of hydrogen-bond donors (Lipinski definition) is 0. The molecule has 0 radical (unpaired) electrons. The molecular formula is C31H37N5O2. The lowest BCUT2D eigenvalue weighted by Gasteiger charge is -2.45. The average molecular weight is 512 g/mol. The minimum atomic E-state index is -0.258. The highest BCUT2D eigenvalue weighted by Crippen LogP contribution is 2.34. The summed E-state index contributed by atoms with van der Waals surface area (Å²) < 4.78 is 1.84. The second-order valence-corrected chi connectivity index (χ2v) is 10.7. The molecule has 2 atom stereocenters. The number of para-hydroxylation sites is 2. The van der Waals surface area contributed by atoms with Gasteiger partial charge in [0.05, 0.1) is 17.9 Å². The lowest BCUT2D eigenvalue weighted by atomic mass is 9.98. The van der Waals surface area contributed by atoms with E-state index in [1.165, 1.54) is 6.08 Å². The minimum absolute atomic E-state index is 0.0114. The van der Waals surface area contributed by atoms with Crippen molar-refractivity contribution in [3.8, 4) is 5.69 Å². The van der Waals surface area contributed by atoms with Crippen LogP contribution in [0.1, 0.15) is 50.4 Å². The molecule has 0 N–H and O–H groups in total. The van der Waals surface area contributed by atoms with E-state index in [2.05, 4.69) is 67.5 Å². The first-order chi connectivity index (χ1) is 18.3. The largest absolute Gasteiger partial charge is 0.365 e. The molecule has 7 nitrogen and oxygen atoms in total. The van der Waals surface area contributed by atoms with Gasteiger partial charge in [-0.1, -0.05) is 56.8 Å². The summed E-state index contributed by atoms with van der Waals surface area (Å²) in [6.45, 7) is 14.8. The normalized spacial score (nSPS) is 19.4. The maximum Gasteiger partial charge on any atom is 0.354 e. The second kappa shape index (κ2) is 10.5. The number of piperazine rings is 1. The SMILES string of the molecule is C=CC(=O)N1C[C@H](C)N(c2nc(=O)n(-c3ccccc3C(C)C)c3c2CCN(c2ccccc2)C3)CC1C. The van der Waals surface area contributed by atoms with Gasteiger partial charge in [0.2, 0.25) is 5.91 Å². The zero-order chi connectivity index (χ0) is 27.0. The molecule has 1 fully saturated rings. The van der Waals surface area contributed by atoms with Crippen molar-refractivity contribution in [1.29, 1.82) is 0 Å². The Kier molecular flexibility index (Phi) is 7.11. The second-order valence-electron chi connectivity index (χ2n) is 10.7. The third kappa shape index (κ3) is 4.62. The van der Waals surface area contributed by atoms with Crippen LogP contribution in [-0.2, 0) is 17.8 Å². The fourth-order valence-corrected chi connectivity index (χ4v) is 5.89. The number of benzene rings is 2. The van der Waals surface area contributed by atoms with Crippen LogP contribution in [0.4, 0.5) is 11.5 Å². The van der Waals surface area contributed by atoms with E-state index in [0.717, 1.165) is 47.0 Å². The van der Waals surface area contributed by atoms with E-state index in [-0.39, 0.29) is 29.6 Å². The predicted octanol–water partition coefficient (Wildman–Crippen LogP) is 4.53. The van der Waals surface area contributed by atoms with Gasteiger partial charge in [0.15, 0.2) is 0 Å². The Balaban J connectivity index is 1.65. The molecule has 0 aliphatic carbocycles. The number of carbonyl (C=O) groups is 1. The van der Waals surface area contributed by atoms with Crippen molar-refractivity contribution in [3.63, 3.8) is 0 Å². The molecule has 0 saturated carbocycles. The van der Waals surface area contributed by atoms with Crippen molar-refractivity contribution in [2.24, 2.45) is 0 Å². The number of fused-ring (bicyclic) bond motifs is 1. The fraction of sp³-hybridized carbons (Fsp3) is 0.387. The first-order valence-corrected chi connectivity index (χ1v) is 13.5. The molecule has 5 rings (SSSR count). The van der Waals surface area contributed by atoms with Crippen LogP contribution in [0.5, 0.6) is 0 Å². The van der Waals surface area contributed by atoms with E-state index in [0.29, 0.717) is 19.6 Å². The predicted molar refractivity (Wildman–Crippen MR) is 153 cm³/mol. The van der Waals surface area contributed by atoms with Gasteiger partial charge in [0.1, 0.15) is 5.82 Å². The lowest BCUT2D eigenvalue weighted by molar-refractivity contribution is -0.128. The highest BCUT2D eigenvalue weighted by atomic mass is 16.2. The molecular weight excluding hydrogens is 474 g/mol. The number of carbonyl (C=O) groups excluding carboxylic acids is 1. The Bertz CT molecular complexity index is 1400. The fourth-order valence-electron chi connectivity index (χ4n) is 5.89. The summed E-state index contributed by atoms with van der Waals surface area (Å²) in [5, 5.41) is 0. The van der Waals surface area contributed by atoms with Crippen LogP contribution in [0.3, 0.4) is 0 Å². The van der Waals surface area contributed by atoms with E-state index in [1.54, 1.807) is 0 Å². The van der Waals surface area contributed by atoms with Crippen molar-refractivity contribution in [2.45, 2.75) is 58.7 Å². The van der Waals surface area contributed by atoms with Crippen molar-refractivity contribution in [2.75, 3.05) is 29.4 Å². The van der Waals surface area contributed by atoms with Crippen molar-refractivity contribution < 1.29 is 4.79 Å². The van der Waals surface area contributed by atoms with E-state index in [9.17, 15) is 9.59 Å². The smallest absolute Gasteiger partial charge is 0.354 e. The Labute approximate surface area is 225 Å². The van der Waals surface area contributed by atoms with Crippen LogP contribution < -0.4 is 15.5 Å². The zero-order valence-corrected chi connectivity index (χ0v) is 22.8. The number of amides is 1. The molecule has 1 unspecified atom stereocenters. The summed E-state index contributed by atoms with van der Waals surface area (Å²) in [7, 11) is 0. The first-order valence-electron chi connectivity index (χ1n) is 13.5. The molecule has 7 heteroatoms. The minimum Gasteiger partial charge on any atom is -0.365 e. The van der Waals surface area contributed by atoms with Crippen molar-refractivity contribution in [1.82, 2.24) is 14.5 Å². The molecule has 38 heavy (non-hydrogen) atoms. The van der Waals surface area contributed by atoms with Gasteiger partial charge in [0, 0.05) is 43.0 Å². The Morgan fingerprint density at radius 2 is 1.74 bits per heavy atom. The van der Waals surface area contributed by atoms with Crippen LogP contribution in [0.25, 0.3) is 5.69 Å². The maximum absolute atomic E-state index is 13.9. The van der Waals surface area contributed by atoms with E-state index in [1.807, 2.05) is 40.7 Å². The van der Waals surface area contributed by atoms with Crippen molar-refractivity contribution >= 4 is 17.4 Å². The molecule has 1 amide bonds. The van der Waals surface area contributed by atoms with E-state index in [4.69, 9.17) is 4.98 Å². The first kappa shape index (κ1) is 25.8. The van der Waals surface area contributed by atoms with Crippen molar-refractivity contribution in [3.05, 3.63) is 94.6 Å². The molecule has 198 valence electrons. The molecule has 2 aliphatic rings. The van der Waals surface area contributed by atoms with Crippen LogP contribution in [0.15, 0.2) is 72.0 Å². The summed E-state index contributed by atoms with van der Waals surface area (Å²) >= 11 is 0. The summed E-state index contributed by atoms with van der Waals surface area (Å²) in [5.74, 6) is 0.970. The van der Waals surface area contributed by atoms with Crippen LogP contribution in [-0.4, -0.2) is 52.1 Å². The van der Waals surface area contributed by atoms with Gasteiger partial charge in [-0.2, -0.15) is 4.98 Å². The highest BCUT2D eigenvalue weighted by molar-refractivity contribution is 5.87. The van der Waals surface area contributed by atoms with Gasteiger partial charge in [-0.15, -0.1) is 0 Å². The molecule has 2 aliphatic heterocycles. The quantitative estimate of drug-likeness (QED) is 0.471. The molecule has 1 saturated heterocycles. The Morgan fingerprint density at radius 1 is 1.03 bits per heavy atom. The number of aromatic nitrogens is 2. The maximum atomic E-state index is 13.9. The Morgan fingerprint density at radius 3 is 2.45 bits per heavy atom. The highest BCUT2D eigenvalue weighted by Gasteiger charge is 2.35. The average Bonchev–Trinajstić information content (AvgIpc) is 2.93. The van der Waals surface area contributed by atoms with Gasteiger partial charge >= 0.3 is 5.69 Å². The summed E-state index contributed by atoms with van der Waals surface area (Å²) in [4.78, 5) is 37.5. The monoisotopic (exact) mass is 511 g/mol. The molecule has 3 aromatic rings. The van der Waals surface area contributed by atoms with Crippen LogP contribution >= 0.6 is 0 Å². The molecule has 3 heterocycles. The molecule has 0 bridgehead atoms.